The van der Waals surface area contributed by atoms with Gasteiger partial charge >= 0.3 is 0 Å². The molecule has 0 atom stereocenters. The Morgan fingerprint density at radius 1 is 1.17 bits per heavy atom. The highest BCUT2D eigenvalue weighted by molar-refractivity contribution is 6.31. The van der Waals surface area contributed by atoms with Crippen LogP contribution in [-0.4, -0.2) is 12.8 Å². The molecule has 0 aliphatic heterocycles. The molecule has 0 heterocycles. The number of benzene rings is 2. The lowest BCUT2D eigenvalue weighted by atomic mass is 10.2. The van der Waals surface area contributed by atoms with Crippen molar-refractivity contribution in [3.8, 4) is 5.75 Å². The first-order valence-corrected chi connectivity index (χ1v) is 8.35. The zero-order valence-electron chi connectivity index (χ0n) is 13.7. The Labute approximate surface area is 143 Å². The molecule has 0 spiro atoms. The molecule has 0 saturated heterocycles. The number of aryl methyl sites for hydroxylation is 1. The van der Waals surface area contributed by atoms with Gasteiger partial charge in [0, 0.05) is 10.6 Å². The van der Waals surface area contributed by atoms with Gasteiger partial charge in [-0.1, -0.05) is 49.6 Å². The molecular formula is C19H23ClN2O. The maximum Gasteiger partial charge on any atom is 0.128 e. The first-order chi connectivity index (χ1) is 11.2. The van der Waals surface area contributed by atoms with E-state index >= 15 is 0 Å². The van der Waals surface area contributed by atoms with Crippen LogP contribution in [0, 0.1) is 6.92 Å². The summed E-state index contributed by atoms with van der Waals surface area (Å²) >= 11 is 6.11. The number of nitrogens with zero attached hydrogens (tertiary/aromatic N) is 1. The Bertz CT molecular complexity index is 656. The molecule has 0 amide bonds. The Kier molecular flexibility index (Phi) is 6.95. The third kappa shape index (κ3) is 5.61. The molecule has 0 aromatic heterocycles. The summed E-state index contributed by atoms with van der Waals surface area (Å²) in [5.74, 6) is 0.857. The van der Waals surface area contributed by atoms with Gasteiger partial charge in [0.05, 0.1) is 18.5 Å². The van der Waals surface area contributed by atoms with E-state index in [1.54, 1.807) is 6.21 Å². The minimum Gasteiger partial charge on any atom is -0.493 e. The number of hydrogen-bond donors (Lipinski definition) is 1. The van der Waals surface area contributed by atoms with E-state index in [9.17, 15) is 0 Å². The number of unbranched alkanes of at least 4 members (excludes halogenated alkanes) is 2. The molecule has 0 saturated carbocycles. The molecular weight excluding hydrogens is 308 g/mol. The molecule has 0 aliphatic rings. The van der Waals surface area contributed by atoms with Gasteiger partial charge in [0.2, 0.25) is 0 Å². The van der Waals surface area contributed by atoms with Gasteiger partial charge in [0.15, 0.2) is 0 Å². The number of ether oxygens (including phenoxy) is 1. The number of para-hydroxylation sites is 1. The largest absolute Gasteiger partial charge is 0.493 e. The molecule has 0 bridgehead atoms. The number of anilines is 1. The van der Waals surface area contributed by atoms with E-state index in [0.29, 0.717) is 0 Å². The van der Waals surface area contributed by atoms with Crippen molar-refractivity contribution >= 4 is 23.5 Å². The summed E-state index contributed by atoms with van der Waals surface area (Å²) in [5, 5.41) is 5.00. The molecule has 0 fully saturated rings. The molecule has 23 heavy (non-hydrogen) atoms. The molecule has 0 aliphatic carbocycles. The van der Waals surface area contributed by atoms with Crippen LogP contribution in [0.25, 0.3) is 0 Å². The predicted octanol–water partition coefficient (Wildman–Crippen LogP) is 5.66. The Morgan fingerprint density at radius 2 is 2.00 bits per heavy atom. The van der Waals surface area contributed by atoms with E-state index in [1.807, 2.05) is 49.4 Å². The van der Waals surface area contributed by atoms with Crippen molar-refractivity contribution in [3.63, 3.8) is 0 Å². The Balaban J connectivity index is 1.97. The summed E-state index contributed by atoms with van der Waals surface area (Å²) in [4.78, 5) is 0. The highest BCUT2D eigenvalue weighted by atomic mass is 35.5. The fourth-order valence-electron chi connectivity index (χ4n) is 2.09. The molecule has 2 aromatic carbocycles. The lowest BCUT2D eigenvalue weighted by Crippen LogP contribution is -2.00. The van der Waals surface area contributed by atoms with E-state index in [4.69, 9.17) is 16.3 Å². The van der Waals surface area contributed by atoms with Crippen LogP contribution in [-0.2, 0) is 0 Å². The summed E-state index contributed by atoms with van der Waals surface area (Å²) in [6, 6.07) is 13.7. The second-order valence-electron chi connectivity index (χ2n) is 5.43. The van der Waals surface area contributed by atoms with E-state index in [-0.39, 0.29) is 0 Å². The third-order valence-corrected chi connectivity index (χ3v) is 3.90. The van der Waals surface area contributed by atoms with Crippen LogP contribution >= 0.6 is 11.6 Å². The standard InChI is InChI=1S/C19H23ClN2O/c1-3-4-7-12-23-19-9-6-5-8-16(19)14-21-22-17-11-10-15(2)18(20)13-17/h5-6,8-11,13-14,22H,3-4,7,12H2,1-2H3. The van der Waals surface area contributed by atoms with Gasteiger partial charge in [-0.05, 0) is 43.2 Å². The zero-order valence-corrected chi connectivity index (χ0v) is 14.4. The van der Waals surface area contributed by atoms with Crippen LogP contribution in [0.5, 0.6) is 5.75 Å². The van der Waals surface area contributed by atoms with Gasteiger partial charge in [0.25, 0.3) is 0 Å². The maximum atomic E-state index is 6.11. The zero-order chi connectivity index (χ0) is 16.5. The average Bonchev–Trinajstić information content (AvgIpc) is 2.56. The predicted molar refractivity (Wildman–Crippen MR) is 98.9 cm³/mol. The molecule has 0 unspecified atom stereocenters. The summed E-state index contributed by atoms with van der Waals surface area (Å²) in [6.45, 7) is 4.89. The fourth-order valence-corrected chi connectivity index (χ4v) is 2.27. The number of rotatable bonds is 8. The van der Waals surface area contributed by atoms with Crippen LogP contribution < -0.4 is 10.2 Å². The molecule has 4 heteroatoms. The van der Waals surface area contributed by atoms with E-state index in [2.05, 4.69) is 17.5 Å². The molecule has 0 radical (unpaired) electrons. The van der Waals surface area contributed by atoms with Gasteiger partial charge in [-0.15, -0.1) is 0 Å². The highest BCUT2D eigenvalue weighted by Gasteiger charge is 2.00. The fraction of sp³-hybridized carbons (Fsp3) is 0.316. The number of hydrazone groups is 1. The van der Waals surface area contributed by atoms with Gasteiger partial charge in [-0.2, -0.15) is 5.10 Å². The normalized spacial score (nSPS) is 10.9. The molecule has 2 aromatic rings. The molecule has 2 rings (SSSR count). The van der Waals surface area contributed by atoms with Crippen molar-refractivity contribution in [3.05, 3.63) is 58.6 Å². The van der Waals surface area contributed by atoms with Crippen molar-refractivity contribution in [1.29, 1.82) is 0 Å². The summed E-state index contributed by atoms with van der Waals surface area (Å²) < 4.78 is 5.84. The first kappa shape index (κ1) is 17.4. The monoisotopic (exact) mass is 330 g/mol. The maximum absolute atomic E-state index is 6.11. The average molecular weight is 331 g/mol. The molecule has 3 nitrogen and oxygen atoms in total. The van der Waals surface area contributed by atoms with Gasteiger partial charge < -0.3 is 4.74 Å². The third-order valence-electron chi connectivity index (χ3n) is 3.49. The minimum atomic E-state index is 0.727. The van der Waals surface area contributed by atoms with E-state index < -0.39 is 0 Å². The van der Waals surface area contributed by atoms with Gasteiger partial charge in [-0.3, -0.25) is 5.43 Å². The van der Waals surface area contributed by atoms with Crippen molar-refractivity contribution in [2.24, 2.45) is 5.10 Å². The van der Waals surface area contributed by atoms with Crippen LogP contribution in [0.15, 0.2) is 47.6 Å². The highest BCUT2D eigenvalue weighted by Crippen LogP contribution is 2.20. The molecule has 122 valence electrons. The summed E-state index contributed by atoms with van der Waals surface area (Å²) in [7, 11) is 0. The van der Waals surface area contributed by atoms with Crippen LogP contribution in [0.4, 0.5) is 5.69 Å². The number of halogens is 1. The van der Waals surface area contributed by atoms with Crippen molar-refractivity contribution in [2.75, 3.05) is 12.0 Å². The SMILES string of the molecule is CCCCCOc1ccccc1C=NNc1ccc(C)c(Cl)c1. The van der Waals surface area contributed by atoms with Crippen LogP contribution in [0.3, 0.4) is 0 Å². The first-order valence-electron chi connectivity index (χ1n) is 7.97. The Hall–Kier alpha value is -2.00. The van der Waals surface area contributed by atoms with Crippen LogP contribution in [0.2, 0.25) is 5.02 Å². The van der Waals surface area contributed by atoms with Crippen molar-refractivity contribution in [1.82, 2.24) is 0 Å². The van der Waals surface area contributed by atoms with Crippen LogP contribution in [0.1, 0.15) is 37.3 Å². The lowest BCUT2D eigenvalue weighted by Gasteiger charge is -2.08. The lowest BCUT2D eigenvalue weighted by molar-refractivity contribution is 0.306. The smallest absolute Gasteiger partial charge is 0.128 e. The minimum absolute atomic E-state index is 0.727. The molecule has 1 N–H and O–H groups in total. The topological polar surface area (TPSA) is 33.6 Å². The second-order valence-corrected chi connectivity index (χ2v) is 5.83. The summed E-state index contributed by atoms with van der Waals surface area (Å²) in [5.41, 5.74) is 5.86. The van der Waals surface area contributed by atoms with Gasteiger partial charge in [-0.25, -0.2) is 0 Å². The summed E-state index contributed by atoms with van der Waals surface area (Å²) in [6.07, 6.45) is 5.21. The second kappa shape index (κ2) is 9.21. The quantitative estimate of drug-likeness (QED) is 0.384. The van der Waals surface area contributed by atoms with E-state index in [0.717, 1.165) is 40.6 Å². The Morgan fingerprint density at radius 3 is 2.78 bits per heavy atom. The van der Waals surface area contributed by atoms with Gasteiger partial charge in [0.1, 0.15) is 5.75 Å². The van der Waals surface area contributed by atoms with Crippen molar-refractivity contribution in [2.45, 2.75) is 33.1 Å². The number of hydrogen-bond acceptors (Lipinski definition) is 3. The number of nitrogens with one attached hydrogen (secondary N) is 1. The van der Waals surface area contributed by atoms with Crippen molar-refractivity contribution < 1.29 is 4.74 Å². The van der Waals surface area contributed by atoms with E-state index in [1.165, 1.54) is 12.8 Å².